The topological polar surface area (TPSA) is 32.3 Å². The highest BCUT2D eigenvalue weighted by Crippen LogP contribution is 1.92. The summed E-state index contributed by atoms with van der Waals surface area (Å²) >= 11 is 0. The van der Waals surface area contributed by atoms with Gasteiger partial charge in [0, 0.05) is 13.1 Å². The van der Waals surface area contributed by atoms with Gasteiger partial charge in [-0.15, -0.1) is 0 Å². The van der Waals surface area contributed by atoms with E-state index in [0.717, 1.165) is 26.1 Å². The number of nitrogens with one attached hydrogen (secondary N) is 1. The zero-order valence-corrected chi connectivity index (χ0v) is 7.97. The monoisotopic (exact) mass is 170 g/mol. The van der Waals surface area contributed by atoms with Crippen LogP contribution in [0.15, 0.2) is 12.7 Å². The molecule has 12 heavy (non-hydrogen) atoms. The first kappa shape index (κ1) is 11.2. The number of carbonyl (C=O) groups excluding carboxylic acids is 1. The Balaban J connectivity index is 3.67. The van der Waals surface area contributed by atoms with E-state index in [0.29, 0.717) is 0 Å². The van der Waals surface area contributed by atoms with Gasteiger partial charge in [0.1, 0.15) is 0 Å². The maximum Gasteiger partial charge on any atom is 0.245 e. The van der Waals surface area contributed by atoms with Crippen molar-refractivity contribution in [1.29, 1.82) is 0 Å². The van der Waals surface area contributed by atoms with Crippen LogP contribution in [0.4, 0.5) is 0 Å². The van der Waals surface area contributed by atoms with E-state index in [1.54, 1.807) is 4.90 Å². The number of likely N-dealkylation sites (N-methyl/N-ethyl adjacent to an activating group) is 1. The van der Waals surface area contributed by atoms with Crippen molar-refractivity contribution in [3.63, 3.8) is 0 Å². The van der Waals surface area contributed by atoms with Gasteiger partial charge in [-0.1, -0.05) is 6.58 Å². The molecule has 0 saturated heterocycles. The first-order valence-electron chi connectivity index (χ1n) is 4.32. The lowest BCUT2D eigenvalue weighted by molar-refractivity contribution is -0.125. The highest BCUT2D eigenvalue weighted by molar-refractivity contribution is 5.86. The summed E-state index contributed by atoms with van der Waals surface area (Å²) in [6.45, 7) is 7.94. The first-order chi connectivity index (χ1) is 5.76. The van der Waals surface area contributed by atoms with Gasteiger partial charge in [0.05, 0.1) is 0 Å². The van der Waals surface area contributed by atoms with E-state index in [2.05, 4.69) is 11.9 Å². The Hall–Kier alpha value is -0.830. The molecule has 0 aromatic heterocycles. The minimum absolute atomic E-state index is 0.0219. The van der Waals surface area contributed by atoms with Crippen LogP contribution in [0.5, 0.6) is 0 Å². The number of nitrogens with zero attached hydrogens (tertiary/aromatic N) is 1. The fourth-order valence-corrected chi connectivity index (χ4v) is 1.000. The molecule has 0 aliphatic rings. The molecule has 70 valence electrons. The van der Waals surface area contributed by atoms with Crippen molar-refractivity contribution in [3.05, 3.63) is 12.7 Å². The number of carbonyl (C=O) groups is 1. The van der Waals surface area contributed by atoms with Gasteiger partial charge in [-0.2, -0.15) is 0 Å². The van der Waals surface area contributed by atoms with Crippen molar-refractivity contribution in [2.75, 3.05) is 26.7 Å². The molecule has 0 aromatic rings. The van der Waals surface area contributed by atoms with Crippen LogP contribution in [-0.4, -0.2) is 37.5 Å². The smallest absolute Gasteiger partial charge is 0.245 e. The molecule has 0 unspecified atom stereocenters. The number of amides is 1. The molecular formula is C9H18N2O. The SMILES string of the molecule is C=CC(=O)N(CC)CCCNC. The summed E-state index contributed by atoms with van der Waals surface area (Å²) in [6, 6.07) is 0. The lowest BCUT2D eigenvalue weighted by Crippen LogP contribution is -2.31. The van der Waals surface area contributed by atoms with Gasteiger partial charge in [0.2, 0.25) is 5.91 Å². The zero-order valence-electron chi connectivity index (χ0n) is 7.97. The maximum atomic E-state index is 11.1. The van der Waals surface area contributed by atoms with Gasteiger partial charge in [0.15, 0.2) is 0 Å². The quantitative estimate of drug-likeness (QED) is 0.468. The molecule has 1 amide bonds. The second-order valence-electron chi connectivity index (χ2n) is 2.58. The standard InChI is InChI=1S/C9H18N2O/c1-4-9(12)11(5-2)8-6-7-10-3/h4,10H,1,5-8H2,2-3H3. The molecule has 1 N–H and O–H groups in total. The minimum atomic E-state index is 0.0219. The minimum Gasteiger partial charge on any atom is -0.339 e. The van der Waals surface area contributed by atoms with Crippen molar-refractivity contribution in [1.82, 2.24) is 10.2 Å². The Morgan fingerprint density at radius 2 is 2.33 bits per heavy atom. The van der Waals surface area contributed by atoms with E-state index in [1.807, 2.05) is 14.0 Å². The molecular weight excluding hydrogens is 152 g/mol. The van der Waals surface area contributed by atoms with E-state index < -0.39 is 0 Å². The normalized spacial score (nSPS) is 9.50. The molecule has 0 atom stereocenters. The van der Waals surface area contributed by atoms with Crippen molar-refractivity contribution < 1.29 is 4.79 Å². The third-order valence-electron chi connectivity index (χ3n) is 1.72. The Morgan fingerprint density at radius 1 is 1.67 bits per heavy atom. The number of hydrogen-bond acceptors (Lipinski definition) is 2. The summed E-state index contributed by atoms with van der Waals surface area (Å²) in [4.78, 5) is 12.9. The summed E-state index contributed by atoms with van der Waals surface area (Å²) in [5.41, 5.74) is 0. The molecule has 0 aromatic carbocycles. The lowest BCUT2D eigenvalue weighted by Gasteiger charge is -2.18. The Morgan fingerprint density at radius 3 is 2.75 bits per heavy atom. The van der Waals surface area contributed by atoms with Crippen molar-refractivity contribution in [2.45, 2.75) is 13.3 Å². The van der Waals surface area contributed by atoms with E-state index in [1.165, 1.54) is 6.08 Å². The average molecular weight is 170 g/mol. The summed E-state index contributed by atoms with van der Waals surface area (Å²) in [5, 5.41) is 3.04. The molecule has 0 aliphatic carbocycles. The van der Waals surface area contributed by atoms with Crippen molar-refractivity contribution in [2.24, 2.45) is 0 Å². The van der Waals surface area contributed by atoms with Crippen LogP contribution in [0, 0.1) is 0 Å². The van der Waals surface area contributed by atoms with Crippen LogP contribution < -0.4 is 5.32 Å². The van der Waals surface area contributed by atoms with Gasteiger partial charge < -0.3 is 10.2 Å². The van der Waals surface area contributed by atoms with Crippen LogP contribution >= 0.6 is 0 Å². The van der Waals surface area contributed by atoms with Crippen LogP contribution in [0.1, 0.15) is 13.3 Å². The van der Waals surface area contributed by atoms with Gasteiger partial charge >= 0.3 is 0 Å². The number of rotatable bonds is 6. The lowest BCUT2D eigenvalue weighted by atomic mass is 10.3. The molecule has 0 bridgehead atoms. The third-order valence-corrected chi connectivity index (χ3v) is 1.72. The van der Waals surface area contributed by atoms with E-state index in [4.69, 9.17) is 0 Å². The second-order valence-corrected chi connectivity index (χ2v) is 2.58. The molecule has 0 radical (unpaired) electrons. The average Bonchev–Trinajstić information content (AvgIpc) is 2.11. The van der Waals surface area contributed by atoms with Crippen LogP contribution in [0.2, 0.25) is 0 Å². The van der Waals surface area contributed by atoms with E-state index in [-0.39, 0.29) is 5.91 Å². The fraction of sp³-hybridized carbons (Fsp3) is 0.667. The molecule has 0 rings (SSSR count). The highest BCUT2D eigenvalue weighted by atomic mass is 16.2. The third kappa shape index (κ3) is 4.13. The zero-order chi connectivity index (χ0) is 9.40. The Bertz CT molecular complexity index is 145. The molecule has 0 heterocycles. The molecule has 0 saturated carbocycles. The van der Waals surface area contributed by atoms with Crippen molar-refractivity contribution in [3.8, 4) is 0 Å². The second kappa shape index (κ2) is 6.85. The summed E-state index contributed by atoms with van der Waals surface area (Å²) < 4.78 is 0. The molecule has 3 nitrogen and oxygen atoms in total. The Labute approximate surface area is 74.4 Å². The Kier molecular flexibility index (Phi) is 6.38. The van der Waals surface area contributed by atoms with E-state index >= 15 is 0 Å². The summed E-state index contributed by atoms with van der Waals surface area (Å²) in [5.74, 6) is 0.0219. The highest BCUT2D eigenvalue weighted by Gasteiger charge is 2.05. The molecule has 0 aliphatic heterocycles. The molecule has 0 spiro atoms. The molecule has 0 fully saturated rings. The van der Waals surface area contributed by atoms with Gasteiger partial charge in [-0.25, -0.2) is 0 Å². The van der Waals surface area contributed by atoms with Gasteiger partial charge in [-0.05, 0) is 33.0 Å². The first-order valence-corrected chi connectivity index (χ1v) is 4.32. The summed E-state index contributed by atoms with van der Waals surface area (Å²) in [6.07, 6.45) is 2.35. The van der Waals surface area contributed by atoms with Crippen LogP contribution in [0.25, 0.3) is 0 Å². The number of hydrogen-bond donors (Lipinski definition) is 1. The van der Waals surface area contributed by atoms with Gasteiger partial charge in [-0.3, -0.25) is 4.79 Å². The predicted octanol–water partition coefficient (Wildman–Crippen LogP) is 0.630. The fourth-order valence-electron chi connectivity index (χ4n) is 1.000. The van der Waals surface area contributed by atoms with Crippen LogP contribution in [0.3, 0.4) is 0 Å². The predicted molar refractivity (Wildman–Crippen MR) is 51.0 cm³/mol. The van der Waals surface area contributed by atoms with E-state index in [9.17, 15) is 4.79 Å². The maximum absolute atomic E-state index is 11.1. The summed E-state index contributed by atoms with van der Waals surface area (Å²) in [7, 11) is 1.91. The largest absolute Gasteiger partial charge is 0.339 e. The van der Waals surface area contributed by atoms with Gasteiger partial charge in [0.25, 0.3) is 0 Å². The van der Waals surface area contributed by atoms with Crippen molar-refractivity contribution >= 4 is 5.91 Å². The van der Waals surface area contributed by atoms with Crippen LogP contribution in [-0.2, 0) is 4.79 Å². The molecule has 3 heteroatoms.